The molecule has 0 saturated carbocycles. The van der Waals surface area contributed by atoms with Gasteiger partial charge >= 0.3 is 0 Å². The zero-order chi connectivity index (χ0) is 13.1. The van der Waals surface area contributed by atoms with Crippen molar-refractivity contribution in [3.63, 3.8) is 0 Å². The number of methoxy groups -OCH3 is 1. The van der Waals surface area contributed by atoms with Crippen molar-refractivity contribution in [2.75, 3.05) is 7.11 Å². The van der Waals surface area contributed by atoms with Crippen LogP contribution in [0.15, 0.2) is 17.1 Å². The summed E-state index contributed by atoms with van der Waals surface area (Å²) in [7, 11) is 1.60. The number of ether oxygens (including phenoxy) is 1. The molecule has 0 saturated heterocycles. The molecular formula is C13H16ClNO2. The molecule has 0 aliphatic rings. The first-order valence-corrected chi connectivity index (χ1v) is 5.68. The second-order valence-corrected chi connectivity index (χ2v) is 5.24. The minimum Gasteiger partial charge on any atom is -0.496 e. The molecule has 0 heterocycles. The summed E-state index contributed by atoms with van der Waals surface area (Å²) in [6.45, 7) is 6.46. The Balaban J connectivity index is 3.40. The number of isocyanates is 1. The highest BCUT2D eigenvalue weighted by atomic mass is 35.5. The van der Waals surface area contributed by atoms with Gasteiger partial charge in [-0.05, 0) is 17.5 Å². The molecule has 1 aromatic carbocycles. The fourth-order valence-electron chi connectivity index (χ4n) is 1.68. The number of carbonyl (C=O) groups excluding carboxylic acids is 1. The van der Waals surface area contributed by atoms with Gasteiger partial charge in [0.2, 0.25) is 6.08 Å². The van der Waals surface area contributed by atoms with E-state index in [1.165, 1.54) is 6.08 Å². The molecule has 0 aromatic heterocycles. The Kier molecular flexibility index (Phi) is 4.33. The van der Waals surface area contributed by atoms with Crippen molar-refractivity contribution in [2.24, 2.45) is 4.99 Å². The first-order chi connectivity index (χ1) is 7.90. The number of hydrogen-bond donors (Lipinski definition) is 0. The van der Waals surface area contributed by atoms with Crippen LogP contribution in [0.1, 0.15) is 31.9 Å². The van der Waals surface area contributed by atoms with E-state index in [-0.39, 0.29) is 12.0 Å². The van der Waals surface area contributed by atoms with Crippen LogP contribution in [0.4, 0.5) is 0 Å². The van der Waals surface area contributed by atoms with E-state index >= 15 is 0 Å². The first kappa shape index (κ1) is 13.8. The minimum atomic E-state index is -0.0874. The molecule has 0 radical (unpaired) electrons. The van der Waals surface area contributed by atoms with E-state index in [0.717, 1.165) is 16.9 Å². The van der Waals surface area contributed by atoms with E-state index in [4.69, 9.17) is 16.3 Å². The van der Waals surface area contributed by atoms with E-state index in [2.05, 4.69) is 25.8 Å². The summed E-state index contributed by atoms with van der Waals surface area (Å²) in [5.74, 6) is 0.737. The topological polar surface area (TPSA) is 38.7 Å². The number of halogens is 1. The van der Waals surface area contributed by atoms with E-state index in [9.17, 15) is 4.79 Å². The summed E-state index contributed by atoms with van der Waals surface area (Å²) in [4.78, 5) is 13.7. The van der Waals surface area contributed by atoms with Crippen molar-refractivity contribution in [1.29, 1.82) is 0 Å². The molecule has 0 bridgehead atoms. The number of rotatable bonds is 3. The third-order valence-corrected chi connectivity index (χ3v) is 2.67. The summed E-state index contributed by atoms with van der Waals surface area (Å²) in [6.07, 6.45) is 1.52. The van der Waals surface area contributed by atoms with Crippen LogP contribution >= 0.6 is 11.6 Å². The lowest BCUT2D eigenvalue weighted by Crippen LogP contribution is -2.14. The molecule has 0 spiro atoms. The summed E-state index contributed by atoms with van der Waals surface area (Å²) in [5.41, 5.74) is 1.72. The van der Waals surface area contributed by atoms with Gasteiger partial charge in [-0.3, -0.25) is 0 Å². The highest BCUT2D eigenvalue weighted by molar-refractivity contribution is 6.30. The summed E-state index contributed by atoms with van der Waals surface area (Å²) < 4.78 is 5.41. The Morgan fingerprint density at radius 3 is 2.53 bits per heavy atom. The zero-order valence-corrected chi connectivity index (χ0v) is 11.3. The Morgan fingerprint density at radius 1 is 1.41 bits per heavy atom. The van der Waals surface area contributed by atoms with E-state index in [0.29, 0.717) is 5.02 Å². The van der Waals surface area contributed by atoms with Crippen molar-refractivity contribution < 1.29 is 9.53 Å². The van der Waals surface area contributed by atoms with E-state index < -0.39 is 0 Å². The van der Waals surface area contributed by atoms with Gasteiger partial charge in [-0.25, -0.2) is 9.79 Å². The van der Waals surface area contributed by atoms with Crippen molar-refractivity contribution in [2.45, 2.75) is 32.7 Å². The monoisotopic (exact) mass is 253 g/mol. The molecule has 1 aromatic rings. The highest BCUT2D eigenvalue weighted by Crippen LogP contribution is 2.36. The molecule has 1 rings (SSSR count). The van der Waals surface area contributed by atoms with Gasteiger partial charge in [-0.2, -0.15) is 0 Å². The number of benzene rings is 1. The molecule has 0 unspecified atom stereocenters. The second-order valence-electron chi connectivity index (χ2n) is 4.80. The van der Waals surface area contributed by atoms with Crippen LogP contribution in [0.2, 0.25) is 5.02 Å². The molecule has 4 heteroatoms. The average molecular weight is 254 g/mol. The minimum absolute atomic E-state index is 0.0874. The molecule has 92 valence electrons. The number of aliphatic imine (C=N–C) groups is 1. The van der Waals surface area contributed by atoms with Gasteiger partial charge in [-0.15, -0.1) is 0 Å². The maximum Gasteiger partial charge on any atom is 0.235 e. The lowest BCUT2D eigenvalue weighted by Gasteiger charge is -2.24. The maximum atomic E-state index is 10.2. The van der Waals surface area contributed by atoms with Crippen LogP contribution in [0, 0.1) is 0 Å². The molecule has 17 heavy (non-hydrogen) atoms. The number of nitrogens with zero attached hydrogens (tertiary/aromatic N) is 1. The summed E-state index contributed by atoms with van der Waals surface area (Å²) in [6, 6.07) is 3.64. The van der Waals surface area contributed by atoms with Crippen LogP contribution in [0.25, 0.3) is 0 Å². The number of hydrogen-bond acceptors (Lipinski definition) is 3. The van der Waals surface area contributed by atoms with Crippen LogP contribution in [0.5, 0.6) is 5.75 Å². The Hall–Kier alpha value is -1.31. The predicted molar refractivity (Wildman–Crippen MR) is 68.5 cm³/mol. The van der Waals surface area contributed by atoms with Crippen LogP contribution < -0.4 is 4.74 Å². The van der Waals surface area contributed by atoms with E-state index in [1.807, 2.05) is 6.07 Å². The van der Waals surface area contributed by atoms with Gasteiger partial charge in [0, 0.05) is 16.1 Å². The third kappa shape index (κ3) is 3.32. The van der Waals surface area contributed by atoms with Crippen LogP contribution in [-0.4, -0.2) is 13.2 Å². The smallest absolute Gasteiger partial charge is 0.235 e. The van der Waals surface area contributed by atoms with E-state index in [1.54, 1.807) is 13.2 Å². The Morgan fingerprint density at radius 2 is 2.06 bits per heavy atom. The van der Waals surface area contributed by atoms with Gasteiger partial charge in [0.25, 0.3) is 0 Å². The quantitative estimate of drug-likeness (QED) is 0.611. The molecular weight excluding hydrogens is 238 g/mol. The van der Waals surface area contributed by atoms with Crippen LogP contribution in [-0.2, 0) is 16.8 Å². The summed E-state index contributed by atoms with van der Waals surface area (Å²) >= 11 is 6.07. The van der Waals surface area contributed by atoms with Gasteiger partial charge in [0.1, 0.15) is 5.75 Å². The van der Waals surface area contributed by atoms with Crippen molar-refractivity contribution in [3.05, 3.63) is 28.3 Å². The van der Waals surface area contributed by atoms with Crippen molar-refractivity contribution in [1.82, 2.24) is 0 Å². The Labute approximate surface area is 106 Å². The molecule has 0 atom stereocenters. The fraction of sp³-hybridized carbons (Fsp3) is 0.462. The standard InChI is InChI=1S/C13H16ClNO2/c1-13(2,3)11-6-10(14)5-9(7-15-8-16)12(11)17-4/h5-6H,7H2,1-4H3. The molecule has 0 N–H and O–H groups in total. The van der Waals surface area contributed by atoms with Crippen LogP contribution in [0.3, 0.4) is 0 Å². The molecule has 0 aliphatic heterocycles. The normalized spacial score (nSPS) is 10.9. The predicted octanol–water partition coefficient (Wildman–Crippen LogP) is 3.48. The summed E-state index contributed by atoms with van der Waals surface area (Å²) in [5, 5.41) is 0.617. The molecule has 0 aliphatic carbocycles. The SMILES string of the molecule is COc1c(CN=C=O)cc(Cl)cc1C(C)(C)C. The fourth-order valence-corrected chi connectivity index (χ4v) is 1.92. The molecule has 0 amide bonds. The average Bonchev–Trinajstić information content (AvgIpc) is 2.24. The molecule has 3 nitrogen and oxygen atoms in total. The maximum absolute atomic E-state index is 10.2. The highest BCUT2D eigenvalue weighted by Gasteiger charge is 2.21. The van der Waals surface area contributed by atoms with Gasteiger partial charge < -0.3 is 4.74 Å². The van der Waals surface area contributed by atoms with Gasteiger partial charge in [-0.1, -0.05) is 32.4 Å². The second kappa shape index (κ2) is 5.35. The third-order valence-electron chi connectivity index (χ3n) is 2.46. The lowest BCUT2D eigenvalue weighted by atomic mass is 9.85. The first-order valence-electron chi connectivity index (χ1n) is 5.30. The van der Waals surface area contributed by atoms with Gasteiger partial charge in [0.15, 0.2) is 0 Å². The van der Waals surface area contributed by atoms with Gasteiger partial charge in [0.05, 0.1) is 13.7 Å². The lowest BCUT2D eigenvalue weighted by molar-refractivity contribution is 0.392. The molecule has 0 fully saturated rings. The Bertz CT molecular complexity index is 457. The van der Waals surface area contributed by atoms with Crippen molar-refractivity contribution in [3.8, 4) is 5.75 Å². The largest absolute Gasteiger partial charge is 0.496 e. The zero-order valence-electron chi connectivity index (χ0n) is 10.5. The van der Waals surface area contributed by atoms with Crippen molar-refractivity contribution >= 4 is 17.7 Å².